The Hall–Kier alpha value is -1.19. The molecular weight excluding hydrogens is 314 g/mol. The Morgan fingerprint density at radius 2 is 1.72 bits per heavy atom. The molecule has 4 aliphatic rings. The van der Waals surface area contributed by atoms with E-state index in [9.17, 15) is 9.59 Å². The van der Waals surface area contributed by atoms with Gasteiger partial charge in [0.25, 0.3) is 0 Å². The molecule has 0 aliphatic heterocycles. The summed E-state index contributed by atoms with van der Waals surface area (Å²) in [6.45, 7) is 13.0. The molecular formula is C21H31NO3. The highest BCUT2D eigenvalue weighted by Crippen LogP contribution is 2.71. The SMILES string of the molecule is CC12CCC(C(=O)O/N=C3\CC4CCC3(C)C4(C)C)(CC1=O)C2(C)C. The van der Waals surface area contributed by atoms with E-state index >= 15 is 0 Å². The van der Waals surface area contributed by atoms with E-state index in [1.165, 1.54) is 6.42 Å². The number of hydrogen-bond donors (Lipinski definition) is 0. The van der Waals surface area contributed by atoms with Gasteiger partial charge >= 0.3 is 5.97 Å². The minimum Gasteiger partial charge on any atom is -0.318 e. The van der Waals surface area contributed by atoms with Gasteiger partial charge in [0.15, 0.2) is 0 Å². The molecule has 4 saturated carbocycles. The van der Waals surface area contributed by atoms with E-state index in [-0.39, 0.29) is 28.0 Å². The number of fused-ring (bicyclic) bond motifs is 4. The van der Waals surface area contributed by atoms with Crippen molar-refractivity contribution in [1.82, 2.24) is 0 Å². The van der Waals surface area contributed by atoms with Gasteiger partial charge in [-0.2, -0.15) is 0 Å². The van der Waals surface area contributed by atoms with E-state index in [1.54, 1.807) is 0 Å². The van der Waals surface area contributed by atoms with Crippen molar-refractivity contribution in [3.63, 3.8) is 0 Å². The van der Waals surface area contributed by atoms with Crippen molar-refractivity contribution < 1.29 is 14.4 Å². The monoisotopic (exact) mass is 345 g/mol. The first-order valence-electron chi connectivity index (χ1n) is 9.75. The Bertz CT molecular complexity index is 706. The second-order valence-corrected chi connectivity index (χ2v) is 10.5. The summed E-state index contributed by atoms with van der Waals surface area (Å²) in [5.74, 6) is 0.553. The summed E-state index contributed by atoms with van der Waals surface area (Å²) in [5.41, 5.74) is -0.185. The third kappa shape index (κ3) is 1.67. The number of carbonyl (C=O) groups is 2. The smallest absolute Gasteiger partial charge is 0.318 e. The van der Waals surface area contributed by atoms with Gasteiger partial charge < -0.3 is 4.84 Å². The molecule has 0 aromatic carbocycles. The summed E-state index contributed by atoms with van der Waals surface area (Å²) >= 11 is 0. The first-order chi connectivity index (χ1) is 11.4. The number of hydrogen-bond acceptors (Lipinski definition) is 4. The number of oxime groups is 1. The Kier molecular flexibility index (Phi) is 3.14. The predicted octanol–water partition coefficient (Wildman–Crippen LogP) is 4.52. The third-order valence-electron chi connectivity index (χ3n) is 9.85. The third-order valence-corrected chi connectivity index (χ3v) is 9.85. The quantitative estimate of drug-likeness (QED) is 0.546. The molecule has 4 aliphatic carbocycles. The van der Waals surface area contributed by atoms with Crippen LogP contribution in [0.3, 0.4) is 0 Å². The zero-order chi connectivity index (χ0) is 18.5. The van der Waals surface area contributed by atoms with E-state index in [1.807, 2.05) is 6.92 Å². The maximum atomic E-state index is 13.1. The van der Waals surface area contributed by atoms with E-state index in [0.717, 1.165) is 31.4 Å². The van der Waals surface area contributed by atoms with Crippen LogP contribution >= 0.6 is 0 Å². The van der Waals surface area contributed by atoms with Crippen LogP contribution in [0.25, 0.3) is 0 Å². The fourth-order valence-electron chi connectivity index (χ4n) is 6.56. The van der Waals surface area contributed by atoms with E-state index in [0.29, 0.717) is 12.3 Å². The zero-order valence-corrected chi connectivity index (χ0v) is 16.5. The van der Waals surface area contributed by atoms with Gasteiger partial charge in [-0.05, 0) is 48.9 Å². The van der Waals surface area contributed by atoms with Crippen LogP contribution in [-0.4, -0.2) is 17.5 Å². The lowest BCUT2D eigenvalue weighted by molar-refractivity contribution is -0.162. The van der Waals surface area contributed by atoms with Gasteiger partial charge in [0.05, 0.1) is 11.1 Å². The van der Waals surface area contributed by atoms with E-state index in [2.05, 4.69) is 39.8 Å². The zero-order valence-electron chi connectivity index (χ0n) is 16.5. The molecule has 0 spiro atoms. The molecule has 4 nitrogen and oxygen atoms in total. The Labute approximate surface area is 150 Å². The highest BCUT2D eigenvalue weighted by molar-refractivity contribution is 5.98. The van der Waals surface area contributed by atoms with Crippen molar-refractivity contribution in [2.45, 2.75) is 80.1 Å². The van der Waals surface area contributed by atoms with Gasteiger partial charge in [-0.3, -0.25) is 4.79 Å². The average Bonchev–Trinajstić information content (AvgIpc) is 3.02. The van der Waals surface area contributed by atoms with Crippen LogP contribution in [0.4, 0.5) is 0 Å². The molecule has 0 amide bonds. The minimum absolute atomic E-state index is 0.0286. The summed E-state index contributed by atoms with van der Waals surface area (Å²) < 4.78 is 0. The van der Waals surface area contributed by atoms with Crippen LogP contribution in [0.5, 0.6) is 0 Å². The van der Waals surface area contributed by atoms with Crippen LogP contribution in [0.1, 0.15) is 80.1 Å². The highest BCUT2D eigenvalue weighted by Gasteiger charge is 2.73. The summed E-state index contributed by atoms with van der Waals surface area (Å²) in [6, 6.07) is 0. The number of Topliss-reactive ketones (excluding diaryl/α,β-unsaturated/α-hetero) is 1. The molecule has 0 radical (unpaired) electrons. The number of nitrogens with zero attached hydrogens (tertiary/aromatic N) is 1. The maximum Gasteiger partial charge on any atom is 0.342 e. The molecule has 4 rings (SSSR count). The topological polar surface area (TPSA) is 55.7 Å². The van der Waals surface area contributed by atoms with Crippen molar-refractivity contribution in [2.75, 3.05) is 0 Å². The molecule has 4 bridgehead atoms. The van der Waals surface area contributed by atoms with Gasteiger partial charge in [-0.1, -0.05) is 46.7 Å². The molecule has 0 saturated heterocycles. The van der Waals surface area contributed by atoms with Crippen LogP contribution in [0, 0.1) is 33.0 Å². The fourth-order valence-corrected chi connectivity index (χ4v) is 6.56. The fraction of sp³-hybridized carbons (Fsp3) is 0.857. The first kappa shape index (κ1) is 17.2. The van der Waals surface area contributed by atoms with E-state index < -0.39 is 10.8 Å². The first-order valence-corrected chi connectivity index (χ1v) is 9.75. The van der Waals surface area contributed by atoms with Crippen LogP contribution < -0.4 is 0 Å². The maximum absolute atomic E-state index is 13.1. The average molecular weight is 345 g/mol. The lowest BCUT2D eigenvalue weighted by Crippen LogP contribution is -2.41. The summed E-state index contributed by atoms with van der Waals surface area (Å²) in [5, 5.41) is 4.40. The van der Waals surface area contributed by atoms with Crippen LogP contribution in [0.2, 0.25) is 0 Å². The van der Waals surface area contributed by atoms with Crippen LogP contribution in [-0.2, 0) is 14.4 Å². The highest BCUT2D eigenvalue weighted by atomic mass is 16.7. The van der Waals surface area contributed by atoms with Crippen molar-refractivity contribution in [2.24, 2.45) is 38.1 Å². The minimum atomic E-state index is -0.697. The van der Waals surface area contributed by atoms with Crippen molar-refractivity contribution in [3.8, 4) is 0 Å². The number of rotatable bonds is 2. The summed E-state index contributed by atoms with van der Waals surface area (Å²) in [4.78, 5) is 31.2. The van der Waals surface area contributed by atoms with E-state index in [4.69, 9.17) is 4.84 Å². The van der Waals surface area contributed by atoms with Gasteiger partial charge in [0.1, 0.15) is 5.78 Å². The van der Waals surface area contributed by atoms with Gasteiger partial charge in [0, 0.05) is 17.3 Å². The van der Waals surface area contributed by atoms with Crippen molar-refractivity contribution >= 4 is 17.5 Å². The normalized spacial score (nSPS) is 47.7. The molecule has 0 N–H and O–H groups in total. The lowest BCUT2D eigenvalue weighted by Gasteiger charge is -2.37. The van der Waals surface area contributed by atoms with Crippen LogP contribution in [0.15, 0.2) is 5.16 Å². The second kappa shape index (κ2) is 4.55. The Morgan fingerprint density at radius 1 is 1.04 bits per heavy atom. The van der Waals surface area contributed by atoms with Gasteiger partial charge in [-0.25, -0.2) is 4.79 Å². The number of ketones is 1. The van der Waals surface area contributed by atoms with Crippen molar-refractivity contribution in [3.05, 3.63) is 0 Å². The standard InChI is InChI=1S/C21H31NO3/c1-17(2)13-7-8-19(17,5)14(11-13)22-25-16(24)21-10-9-20(6,15(23)12-21)18(21,3)4/h13H,7-12H2,1-6H3/b22-14+. The molecule has 4 fully saturated rings. The largest absolute Gasteiger partial charge is 0.342 e. The summed E-state index contributed by atoms with van der Waals surface area (Å²) in [6.07, 6.45) is 5.11. The number of carbonyl (C=O) groups excluding carboxylic acids is 2. The molecule has 4 atom stereocenters. The Balaban J connectivity index is 1.60. The second-order valence-electron chi connectivity index (χ2n) is 10.5. The molecule has 0 heterocycles. The molecule has 25 heavy (non-hydrogen) atoms. The predicted molar refractivity (Wildman–Crippen MR) is 95.9 cm³/mol. The molecule has 4 heteroatoms. The molecule has 0 aromatic heterocycles. The van der Waals surface area contributed by atoms with Gasteiger partial charge in [0.2, 0.25) is 0 Å². The molecule has 4 unspecified atom stereocenters. The molecule has 0 aromatic rings. The van der Waals surface area contributed by atoms with Crippen molar-refractivity contribution in [1.29, 1.82) is 0 Å². The Morgan fingerprint density at radius 3 is 2.16 bits per heavy atom. The summed E-state index contributed by atoms with van der Waals surface area (Å²) in [7, 11) is 0. The van der Waals surface area contributed by atoms with Gasteiger partial charge in [-0.15, -0.1) is 0 Å². The lowest BCUT2D eigenvalue weighted by atomic mass is 9.65. The molecule has 138 valence electrons.